The van der Waals surface area contributed by atoms with Crippen LogP contribution in [0.4, 0.5) is 0 Å². The van der Waals surface area contributed by atoms with Gasteiger partial charge in [-0.1, -0.05) is 0 Å². The van der Waals surface area contributed by atoms with Gasteiger partial charge in [-0.25, -0.2) is 0 Å². The minimum atomic E-state index is 0.0878. The highest BCUT2D eigenvalue weighted by Gasteiger charge is 2.24. The van der Waals surface area contributed by atoms with Gasteiger partial charge in [-0.05, 0) is 31.9 Å². The molecule has 1 aliphatic rings. The maximum Gasteiger partial charge on any atom is 0.161 e. The molecule has 0 aromatic carbocycles. The predicted octanol–water partition coefficient (Wildman–Crippen LogP) is 2.16. The molecule has 0 radical (unpaired) electrons. The fourth-order valence-electron chi connectivity index (χ4n) is 1.23. The average Bonchev–Trinajstić information content (AvgIpc) is 2.87. The monoisotopic (exact) mass is 161 g/mol. The number of carbonyl (C=O) groups excluding carboxylic acids is 1. The Balaban J connectivity index is 2.24. The molecule has 0 amide bonds. The second kappa shape index (κ2) is 2.70. The Labute approximate surface area is 71.6 Å². The van der Waals surface area contributed by atoms with Crippen LogP contribution in [-0.4, -0.2) is 10.8 Å². The van der Waals surface area contributed by atoms with Gasteiger partial charge >= 0.3 is 0 Å². The molecule has 1 aromatic rings. The first-order chi connectivity index (χ1) is 5.77. The van der Waals surface area contributed by atoms with E-state index in [0.29, 0.717) is 11.5 Å². The number of pyridine rings is 1. The lowest BCUT2D eigenvalue weighted by Crippen LogP contribution is -1.94. The van der Waals surface area contributed by atoms with E-state index in [0.717, 1.165) is 5.69 Å². The van der Waals surface area contributed by atoms with Crippen LogP contribution in [0, 0.1) is 0 Å². The molecule has 1 aliphatic carbocycles. The maximum absolute atomic E-state index is 10.9. The summed E-state index contributed by atoms with van der Waals surface area (Å²) in [6.45, 7) is 1.56. The van der Waals surface area contributed by atoms with E-state index in [1.165, 1.54) is 12.8 Å². The van der Waals surface area contributed by atoms with Gasteiger partial charge in [0.2, 0.25) is 0 Å². The number of aromatic nitrogens is 1. The molecular weight excluding hydrogens is 150 g/mol. The molecule has 0 bridgehead atoms. The van der Waals surface area contributed by atoms with Gasteiger partial charge in [-0.2, -0.15) is 0 Å². The second-order valence-electron chi connectivity index (χ2n) is 3.30. The molecule has 0 spiro atoms. The highest BCUT2D eigenvalue weighted by Crippen LogP contribution is 2.38. The summed E-state index contributed by atoms with van der Waals surface area (Å²) in [7, 11) is 0. The first-order valence-electron chi connectivity index (χ1n) is 4.24. The van der Waals surface area contributed by atoms with Gasteiger partial charge in [0.25, 0.3) is 0 Å². The molecule has 2 heteroatoms. The summed E-state index contributed by atoms with van der Waals surface area (Å²) in [6.07, 6.45) is 4.19. The van der Waals surface area contributed by atoms with Crippen LogP contribution in [0.25, 0.3) is 0 Å². The van der Waals surface area contributed by atoms with Crippen molar-refractivity contribution in [2.24, 2.45) is 0 Å². The van der Waals surface area contributed by atoms with Crippen molar-refractivity contribution in [3.8, 4) is 0 Å². The van der Waals surface area contributed by atoms with E-state index in [1.807, 2.05) is 12.1 Å². The van der Waals surface area contributed by atoms with Crippen molar-refractivity contribution in [2.45, 2.75) is 25.7 Å². The third kappa shape index (κ3) is 1.37. The van der Waals surface area contributed by atoms with E-state index in [-0.39, 0.29) is 5.78 Å². The first-order valence-corrected chi connectivity index (χ1v) is 4.24. The van der Waals surface area contributed by atoms with Crippen molar-refractivity contribution < 1.29 is 4.79 Å². The van der Waals surface area contributed by atoms with Gasteiger partial charge in [0.05, 0.1) is 0 Å². The van der Waals surface area contributed by atoms with Crippen LogP contribution >= 0.6 is 0 Å². The van der Waals surface area contributed by atoms with Crippen molar-refractivity contribution in [1.29, 1.82) is 0 Å². The average molecular weight is 161 g/mol. The summed E-state index contributed by atoms with van der Waals surface area (Å²) in [5.74, 6) is 0.760. The quantitative estimate of drug-likeness (QED) is 0.622. The Bertz CT molecular complexity index is 298. The SMILES string of the molecule is CC(=O)c1ccc(C2CC2)nc1. The van der Waals surface area contributed by atoms with Crippen LogP contribution in [0.15, 0.2) is 18.3 Å². The molecule has 62 valence electrons. The molecule has 0 saturated heterocycles. The predicted molar refractivity (Wildman–Crippen MR) is 46.2 cm³/mol. The number of nitrogens with zero attached hydrogens (tertiary/aromatic N) is 1. The van der Waals surface area contributed by atoms with Crippen molar-refractivity contribution in [3.63, 3.8) is 0 Å². The normalized spacial score (nSPS) is 16.1. The van der Waals surface area contributed by atoms with E-state index in [2.05, 4.69) is 4.98 Å². The Hall–Kier alpha value is -1.18. The lowest BCUT2D eigenvalue weighted by atomic mass is 10.2. The highest BCUT2D eigenvalue weighted by molar-refractivity contribution is 5.93. The lowest BCUT2D eigenvalue weighted by Gasteiger charge is -1.97. The van der Waals surface area contributed by atoms with E-state index in [9.17, 15) is 4.79 Å². The van der Waals surface area contributed by atoms with Crippen molar-refractivity contribution in [3.05, 3.63) is 29.6 Å². The van der Waals surface area contributed by atoms with Crippen LogP contribution in [0.2, 0.25) is 0 Å². The van der Waals surface area contributed by atoms with Gasteiger partial charge in [0, 0.05) is 23.4 Å². The molecule has 0 atom stereocenters. The Kier molecular flexibility index (Phi) is 1.68. The summed E-state index contributed by atoms with van der Waals surface area (Å²) in [6, 6.07) is 3.83. The number of ketones is 1. The Morgan fingerprint density at radius 2 is 2.25 bits per heavy atom. The van der Waals surface area contributed by atoms with E-state index in [4.69, 9.17) is 0 Å². The molecule has 2 rings (SSSR count). The number of hydrogen-bond donors (Lipinski definition) is 0. The van der Waals surface area contributed by atoms with Gasteiger partial charge in [0.1, 0.15) is 0 Å². The van der Waals surface area contributed by atoms with Gasteiger partial charge in [-0.3, -0.25) is 9.78 Å². The van der Waals surface area contributed by atoms with Crippen LogP contribution in [0.1, 0.15) is 41.7 Å². The standard InChI is InChI=1S/C10H11NO/c1-7(12)9-4-5-10(11-6-9)8-2-3-8/h4-6,8H,2-3H2,1H3. The van der Waals surface area contributed by atoms with Gasteiger partial charge in [-0.15, -0.1) is 0 Å². The topological polar surface area (TPSA) is 30.0 Å². The third-order valence-electron chi connectivity index (χ3n) is 2.19. The molecular formula is C10H11NO. The summed E-state index contributed by atoms with van der Waals surface area (Å²) in [5.41, 5.74) is 1.85. The zero-order chi connectivity index (χ0) is 8.55. The van der Waals surface area contributed by atoms with Crippen molar-refractivity contribution in [1.82, 2.24) is 4.98 Å². The molecule has 1 aromatic heterocycles. The molecule has 0 unspecified atom stereocenters. The summed E-state index contributed by atoms with van der Waals surface area (Å²) in [4.78, 5) is 15.1. The molecule has 1 heterocycles. The van der Waals surface area contributed by atoms with E-state index in [1.54, 1.807) is 13.1 Å². The lowest BCUT2D eigenvalue weighted by molar-refractivity contribution is 0.101. The number of hydrogen-bond acceptors (Lipinski definition) is 2. The molecule has 1 saturated carbocycles. The minimum absolute atomic E-state index is 0.0878. The number of Topliss-reactive ketones (excluding diaryl/α,β-unsaturated/α-hetero) is 1. The third-order valence-corrected chi connectivity index (χ3v) is 2.19. The summed E-state index contributed by atoms with van der Waals surface area (Å²) < 4.78 is 0. The smallest absolute Gasteiger partial charge is 0.161 e. The molecule has 1 fully saturated rings. The summed E-state index contributed by atoms with van der Waals surface area (Å²) in [5, 5.41) is 0. The van der Waals surface area contributed by atoms with Gasteiger partial charge < -0.3 is 0 Å². The minimum Gasteiger partial charge on any atom is -0.294 e. The van der Waals surface area contributed by atoms with Crippen LogP contribution < -0.4 is 0 Å². The zero-order valence-electron chi connectivity index (χ0n) is 7.08. The zero-order valence-corrected chi connectivity index (χ0v) is 7.08. The largest absolute Gasteiger partial charge is 0.294 e. The van der Waals surface area contributed by atoms with Crippen LogP contribution in [-0.2, 0) is 0 Å². The maximum atomic E-state index is 10.9. The van der Waals surface area contributed by atoms with Crippen molar-refractivity contribution >= 4 is 5.78 Å². The molecule has 2 nitrogen and oxygen atoms in total. The van der Waals surface area contributed by atoms with Gasteiger partial charge in [0.15, 0.2) is 5.78 Å². The van der Waals surface area contributed by atoms with E-state index >= 15 is 0 Å². The Morgan fingerprint density at radius 1 is 1.50 bits per heavy atom. The molecule has 0 aliphatic heterocycles. The van der Waals surface area contributed by atoms with Crippen molar-refractivity contribution in [2.75, 3.05) is 0 Å². The van der Waals surface area contributed by atoms with Crippen LogP contribution in [0.3, 0.4) is 0 Å². The fraction of sp³-hybridized carbons (Fsp3) is 0.400. The second-order valence-corrected chi connectivity index (χ2v) is 3.30. The highest BCUT2D eigenvalue weighted by atomic mass is 16.1. The number of carbonyl (C=O) groups is 1. The Morgan fingerprint density at radius 3 is 2.67 bits per heavy atom. The summed E-state index contributed by atoms with van der Waals surface area (Å²) >= 11 is 0. The first kappa shape index (κ1) is 7.47. The molecule has 12 heavy (non-hydrogen) atoms. The fourth-order valence-corrected chi connectivity index (χ4v) is 1.23. The van der Waals surface area contributed by atoms with Crippen LogP contribution in [0.5, 0.6) is 0 Å². The number of rotatable bonds is 2. The van der Waals surface area contributed by atoms with E-state index < -0.39 is 0 Å². The molecule has 0 N–H and O–H groups in total.